The Morgan fingerprint density at radius 2 is 1.93 bits per heavy atom. The Balaban J connectivity index is 2.13. The number of nitro groups is 1. The predicted octanol–water partition coefficient (Wildman–Crippen LogP) is 3.92. The van der Waals surface area contributed by atoms with Gasteiger partial charge in [-0.3, -0.25) is 10.1 Å². The van der Waals surface area contributed by atoms with Crippen LogP contribution in [0.2, 0.25) is 0 Å². The highest BCUT2D eigenvalue weighted by Crippen LogP contribution is 2.27. The maximum Gasteiger partial charge on any atom is 0.348 e. The molecule has 144 valence electrons. The minimum atomic E-state index is -0.725. The zero-order chi connectivity index (χ0) is 20.8. The monoisotopic (exact) mass is 388 g/mol. The minimum absolute atomic E-state index is 0.0439. The molecule has 0 bridgehead atoms. The molecular weight excluding hydrogens is 372 g/mol. The van der Waals surface area contributed by atoms with E-state index in [-0.39, 0.29) is 17.9 Å². The molecule has 0 aliphatic heterocycles. The van der Waals surface area contributed by atoms with E-state index in [0.29, 0.717) is 16.8 Å². The Labute approximate surface area is 166 Å². The van der Waals surface area contributed by atoms with Crippen LogP contribution in [0, 0.1) is 21.4 Å². The smallest absolute Gasteiger partial charge is 0.348 e. The van der Waals surface area contributed by atoms with Crippen molar-refractivity contribution in [2.24, 2.45) is 0 Å². The molecule has 0 radical (unpaired) electrons. The van der Waals surface area contributed by atoms with Crippen LogP contribution in [-0.4, -0.2) is 27.3 Å². The molecule has 0 spiro atoms. The lowest BCUT2D eigenvalue weighted by Gasteiger charge is -2.01. The van der Waals surface area contributed by atoms with Crippen molar-refractivity contribution in [3.63, 3.8) is 0 Å². The molecule has 0 amide bonds. The van der Waals surface area contributed by atoms with Gasteiger partial charge in [0.05, 0.1) is 17.2 Å². The molecule has 8 heteroatoms. The first-order chi connectivity index (χ1) is 14.0. The number of nitrogens with zero attached hydrogens (tertiary/aromatic N) is 4. The summed E-state index contributed by atoms with van der Waals surface area (Å²) in [5.41, 5.74) is 2.16. The van der Waals surface area contributed by atoms with Crippen LogP contribution in [-0.2, 0) is 9.53 Å². The van der Waals surface area contributed by atoms with E-state index >= 15 is 0 Å². The van der Waals surface area contributed by atoms with Crippen molar-refractivity contribution in [1.29, 1.82) is 5.26 Å². The summed E-state index contributed by atoms with van der Waals surface area (Å²) in [7, 11) is 0. The van der Waals surface area contributed by atoms with E-state index in [4.69, 9.17) is 4.74 Å². The largest absolute Gasteiger partial charge is 0.462 e. The fourth-order valence-electron chi connectivity index (χ4n) is 2.67. The standard InChI is InChI=1S/C21H16N4O4/c1-2-29-21(26)16(13-22)12-17-14-24(18-6-4-3-5-7-18)23-20(17)15-8-10-19(11-9-15)25(27)28/h3-12,14H,2H2,1H3/b16-12+. The number of nitro benzene ring substituents is 1. The molecule has 0 fully saturated rings. The fourth-order valence-corrected chi connectivity index (χ4v) is 2.67. The lowest BCUT2D eigenvalue weighted by Crippen LogP contribution is -2.06. The second-order valence-electron chi connectivity index (χ2n) is 5.91. The lowest BCUT2D eigenvalue weighted by molar-refractivity contribution is -0.384. The second kappa shape index (κ2) is 8.63. The number of nitriles is 1. The third-order valence-corrected chi connectivity index (χ3v) is 4.03. The maximum atomic E-state index is 12.0. The summed E-state index contributed by atoms with van der Waals surface area (Å²) in [5.74, 6) is -0.725. The molecule has 29 heavy (non-hydrogen) atoms. The van der Waals surface area contributed by atoms with Crippen LogP contribution in [0.4, 0.5) is 5.69 Å². The van der Waals surface area contributed by atoms with Gasteiger partial charge >= 0.3 is 5.97 Å². The van der Waals surface area contributed by atoms with Crippen LogP contribution in [0.3, 0.4) is 0 Å². The predicted molar refractivity (Wildman–Crippen MR) is 106 cm³/mol. The van der Waals surface area contributed by atoms with E-state index in [9.17, 15) is 20.2 Å². The summed E-state index contributed by atoms with van der Waals surface area (Å²) >= 11 is 0. The summed E-state index contributed by atoms with van der Waals surface area (Å²) in [6.45, 7) is 1.80. The van der Waals surface area contributed by atoms with Gasteiger partial charge in [0.2, 0.25) is 0 Å². The molecule has 2 aromatic carbocycles. The van der Waals surface area contributed by atoms with E-state index in [1.807, 2.05) is 36.4 Å². The Kier molecular flexibility index (Phi) is 5.80. The highest BCUT2D eigenvalue weighted by atomic mass is 16.6. The van der Waals surface area contributed by atoms with Gasteiger partial charge in [-0.05, 0) is 37.3 Å². The van der Waals surface area contributed by atoms with Crippen molar-refractivity contribution in [2.45, 2.75) is 6.92 Å². The molecule has 0 aliphatic carbocycles. The lowest BCUT2D eigenvalue weighted by atomic mass is 10.1. The first-order valence-corrected chi connectivity index (χ1v) is 8.72. The summed E-state index contributed by atoms with van der Waals surface area (Å²) in [5, 5.41) is 24.8. The Morgan fingerprint density at radius 3 is 2.52 bits per heavy atom. The van der Waals surface area contributed by atoms with E-state index in [2.05, 4.69) is 5.10 Å². The molecule has 0 saturated carbocycles. The molecular formula is C21H16N4O4. The molecule has 3 rings (SSSR count). The zero-order valence-corrected chi connectivity index (χ0v) is 15.5. The second-order valence-corrected chi connectivity index (χ2v) is 5.91. The van der Waals surface area contributed by atoms with Gasteiger partial charge in [0.25, 0.3) is 5.69 Å². The number of hydrogen-bond donors (Lipinski definition) is 0. The molecule has 0 aliphatic rings. The van der Waals surface area contributed by atoms with Gasteiger partial charge in [0.15, 0.2) is 0 Å². The van der Waals surface area contributed by atoms with Crippen LogP contribution < -0.4 is 0 Å². The number of non-ortho nitro benzene ring substituents is 1. The Bertz CT molecular complexity index is 1110. The van der Waals surface area contributed by atoms with Gasteiger partial charge in [-0.1, -0.05) is 18.2 Å². The number of rotatable bonds is 6. The number of hydrogen-bond acceptors (Lipinski definition) is 6. The molecule has 0 N–H and O–H groups in total. The van der Waals surface area contributed by atoms with Gasteiger partial charge in [0.1, 0.15) is 17.3 Å². The van der Waals surface area contributed by atoms with Crippen molar-refractivity contribution >= 4 is 17.7 Å². The quantitative estimate of drug-likeness (QED) is 0.208. The molecule has 3 aromatic rings. The summed E-state index contributed by atoms with van der Waals surface area (Å²) < 4.78 is 6.53. The van der Waals surface area contributed by atoms with Gasteiger partial charge in [-0.25, -0.2) is 9.48 Å². The normalized spacial score (nSPS) is 11.0. The molecule has 8 nitrogen and oxygen atoms in total. The van der Waals surface area contributed by atoms with Crippen molar-refractivity contribution < 1.29 is 14.5 Å². The maximum absolute atomic E-state index is 12.0. The number of esters is 1. The first-order valence-electron chi connectivity index (χ1n) is 8.72. The SMILES string of the molecule is CCOC(=O)/C(C#N)=C/c1cn(-c2ccccc2)nc1-c1ccc([N+](=O)[O-])cc1. The average Bonchev–Trinajstić information content (AvgIpc) is 3.16. The molecule has 0 atom stereocenters. The Morgan fingerprint density at radius 1 is 1.24 bits per heavy atom. The molecule has 0 unspecified atom stereocenters. The zero-order valence-electron chi connectivity index (χ0n) is 15.5. The topological polar surface area (TPSA) is 111 Å². The van der Waals surface area contributed by atoms with Crippen LogP contribution >= 0.6 is 0 Å². The number of ether oxygens (including phenoxy) is 1. The third kappa shape index (κ3) is 4.36. The van der Waals surface area contributed by atoms with Crippen molar-refractivity contribution in [2.75, 3.05) is 6.61 Å². The van der Waals surface area contributed by atoms with Gasteiger partial charge < -0.3 is 4.74 Å². The van der Waals surface area contributed by atoms with Crippen LogP contribution in [0.5, 0.6) is 0 Å². The van der Waals surface area contributed by atoms with Crippen molar-refractivity contribution in [3.05, 3.63) is 82.0 Å². The van der Waals surface area contributed by atoms with Gasteiger partial charge in [0, 0.05) is 29.5 Å². The van der Waals surface area contributed by atoms with E-state index in [0.717, 1.165) is 5.69 Å². The molecule has 1 aromatic heterocycles. The summed E-state index contributed by atoms with van der Waals surface area (Å²) in [4.78, 5) is 22.4. The highest BCUT2D eigenvalue weighted by Gasteiger charge is 2.16. The van der Waals surface area contributed by atoms with Crippen molar-refractivity contribution in [1.82, 2.24) is 9.78 Å². The number of para-hydroxylation sites is 1. The van der Waals surface area contributed by atoms with Gasteiger partial charge in [-0.2, -0.15) is 10.4 Å². The number of aromatic nitrogens is 2. The third-order valence-electron chi connectivity index (χ3n) is 4.03. The number of benzene rings is 2. The number of carbonyl (C=O) groups is 1. The van der Waals surface area contributed by atoms with Crippen molar-refractivity contribution in [3.8, 4) is 23.0 Å². The van der Waals surface area contributed by atoms with E-state index in [1.165, 1.54) is 18.2 Å². The number of carbonyl (C=O) groups excluding carboxylic acids is 1. The molecule has 1 heterocycles. The van der Waals surface area contributed by atoms with Crippen LogP contribution in [0.15, 0.2) is 66.4 Å². The van der Waals surface area contributed by atoms with Gasteiger partial charge in [-0.15, -0.1) is 0 Å². The van der Waals surface area contributed by atoms with Crippen LogP contribution in [0.1, 0.15) is 12.5 Å². The highest BCUT2D eigenvalue weighted by molar-refractivity contribution is 5.98. The minimum Gasteiger partial charge on any atom is -0.462 e. The summed E-state index contributed by atoms with van der Waals surface area (Å²) in [6.07, 6.45) is 3.09. The van der Waals surface area contributed by atoms with E-state index < -0.39 is 10.9 Å². The summed E-state index contributed by atoms with van der Waals surface area (Å²) in [6, 6.07) is 17.1. The first kappa shape index (κ1) is 19.5. The Hall–Kier alpha value is -4.25. The van der Waals surface area contributed by atoms with Crippen LogP contribution in [0.25, 0.3) is 23.0 Å². The average molecular weight is 388 g/mol. The van der Waals surface area contributed by atoms with E-state index in [1.54, 1.807) is 29.9 Å². The fraction of sp³-hybridized carbons (Fsp3) is 0.0952. The molecule has 0 saturated heterocycles.